The highest BCUT2D eigenvalue weighted by atomic mass is 35.5. The van der Waals surface area contributed by atoms with E-state index in [2.05, 4.69) is 4.90 Å². The van der Waals surface area contributed by atoms with Crippen molar-refractivity contribution >= 4 is 38.9 Å². The predicted octanol–water partition coefficient (Wildman–Crippen LogP) is 4.03. The van der Waals surface area contributed by atoms with Crippen LogP contribution in [0.25, 0.3) is 0 Å². The number of methoxy groups -OCH3 is 1. The fraction of sp³-hybridized carbons (Fsp3) is 0.240. The third-order valence-electron chi connectivity index (χ3n) is 5.85. The number of hydrogen-bond donors (Lipinski definition) is 0. The summed E-state index contributed by atoms with van der Waals surface area (Å²) in [6.45, 7) is 1.58. The maximum Gasteiger partial charge on any atom is 0.264 e. The molecule has 1 amide bonds. The quantitative estimate of drug-likeness (QED) is 0.473. The third-order valence-corrected chi connectivity index (χ3v) is 7.87. The van der Waals surface area contributed by atoms with Crippen LogP contribution < -0.4 is 13.9 Å². The highest BCUT2D eigenvalue weighted by Gasteiger charge is 2.30. The number of benzene rings is 3. The molecule has 1 fully saturated rings. The molecule has 10 heteroatoms. The first-order valence-corrected chi connectivity index (χ1v) is 12.8. The Morgan fingerprint density at radius 3 is 2.26 bits per heavy atom. The van der Waals surface area contributed by atoms with E-state index in [4.69, 9.17) is 16.3 Å². The van der Waals surface area contributed by atoms with Crippen LogP contribution in [0.3, 0.4) is 0 Å². The van der Waals surface area contributed by atoms with Crippen LogP contribution in [0, 0.1) is 5.82 Å². The Balaban J connectivity index is 1.53. The SMILES string of the molecule is COc1ccc(S(=O)(=O)N(CC(=O)N2CCN(c3ccc(F)cc3)CC2)c2cccc(Cl)c2)cc1. The van der Waals surface area contributed by atoms with E-state index in [9.17, 15) is 17.6 Å². The lowest BCUT2D eigenvalue weighted by atomic mass is 10.2. The van der Waals surface area contributed by atoms with Gasteiger partial charge in [0.2, 0.25) is 5.91 Å². The van der Waals surface area contributed by atoms with Crippen molar-refractivity contribution in [1.29, 1.82) is 0 Å². The van der Waals surface area contributed by atoms with Gasteiger partial charge >= 0.3 is 0 Å². The Labute approximate surface area is 209 Å². The van der Waals surface area contributed by atoms with Crippen LogP contribution in [0.15, 0.2) is 77.7 Å². The van der Waals surface area contributed by atoms with Crippen molar-refractivity contribution < 1.29 is 22.3 Å². The van der Waals surface area contributed by atoms with Crippen molar-refractivity contribution in [1.82, 2.24) is 4.90 Å². The first-order chi connectivity index (χ1) is 16.8. The lowest BCUT2D eigenvalue weighted by Crippen LogP contribution is -2.52. The Kier molecular flexibility index (Phi) is 7.47. The summed E-state index contributed by atoms with van der Waals surface area (Å²) >= 11 is 6.13. The molecular weight excluding hydrogens is 493 g/mol. The van der Waals surface area contributed by atoms with Gasteiger partial charge in [0, 0.05) is 36.9 Å². The average molecular weight is 518 g/mol. The van der Waals surface area contributed by atoms with Crippen LogP contribution in [-0.2, 0) is 14.8 Å². The van der Waals surface area contributed by atoms with E-state index in [-0.39, 0.29) is 23.2 Å². The summed E-state index contributed by atoms with van der Waals surface area (Å²) in [6.07, 6.45) is 0. The van der Waals surface area contributed by atoms with Crippen molar-refractivity contribution in [3.05, 3.63) is 83.6 Å². The minimum atomic E-state index is -4.06. The van der Waals surface area contributed by atoms with Gasteiger partial charge < -0.3 is 14.5 Å². The van der Waals surface area contributed by atoms with Gasteiger partial charge in [0.25, 0.3) is 10.0 Å². The first kappa shape index (κ1) is 24.8. The summed E-state index contributed by atoms with van der Waals surface area (Å²) in [5, 5.41) is 0.359. The van der Waals surface area contributed by atoms with E-state index in [1.807, 2.05) is 0 Å². The molecule has 184 valence electrons. The van der Waals surface area contributed by atoms with Gasteiger partial charge in [-0.15, -0.1) is 0 Å². The van der Waals surface area contributed by atoms with E-state index >= 15 is 0 Å². The minimum Gasteiger partial charge on any atom is -0.497 e. The highest BCUT2D eigenvalue weighted by Crippen LogP contribution is 2.27. The van der Waals surface area contributed by atoms with E-state index in [0.29, 0.717) is 42.6 Å². The standard InChI is InChI=1S/C25H25ClFN3O4S/c1-34-23-9-11-24(12-10-23)35(32,33)30(22-4-2-3-19(26)17-22)18-25(31)29-15-13-28(14-16-29)21-7-5-20(27)6-8-21/h2-12,17H,13-16,18H2,1H3. The molecule has 0 spiro atoms. The average Bonchev–Trinajstić information content (AvgIpc) is 2.87. The molecule has 3 aromatic rings. The number of rotatable bonds is 7. The molecule has 0 atom stereocenters. The van der Waals surface area contributed by atoms with Crippen LogP contribution in [0.4, 0.5) is 15.8 Å². The van der Waals surface area contributed by atoms with Crippen LogP contribution in [0.5, 0.6) is 5.75 Å². The first-order valence-electron chi connectivity index (χ1n) is 11.0. The Hall–Kier alpha value is -3.30. The van der Waals surface area contributed by atoms with E-state index in [1.54, 1.807) is 47.4 Å². The molecule has 0 saturated carbocycles. The molecule has 0 N–H and O–H groups in total. The number of anilines is 2. The summed E-state index contributed by atoms with van der Waals surface area (Å²) in [5.41, 5.74) is 1.17. The molecule has 0 bridgehead atoms. The van der Waals surface area contributed by atoms with Crippen LogP contribution in [0.1, 0.15) is 0 Å². The summed E-state index contributed by atoms with van der Waals surface area (Å²) in [4.78, 5) is 17.0. The Morgan fingerprint density at radius 1 is 1.00 bits per heavy atom. The second-order valence-corrected chi connectivity index (χ2v) is 10.3. The lowest BCUT2D eigenvalue weighted by molar-refractivity contribution is -0.129. The second kappa shape index (κ2) is 10.5. The van der Waals surface area contributed by atoms with Crippen molar-refractivity contribution in [2.45, 2.75) is 4.90 Å². The van der Waals surface area contributed by atoms with Gasteiger partial charge in [0.1, 0.15) is 18.1 Å². The van der Waals surface area contributed by atoms with Gasteiger partial charge in [-0.1, -0.05) is 17.7 Å². The Bertz CT molecular complexity index is 1280. The van der Waals surface area contributed by atoms with Crippen LogP contribution >= 0.6 is 11.6 Å². The topological polar surface area (TPSA) is 70.2 Å². The largest absolute Gasteiger partial charge is 0.497 e. The molecule has 4 rings (SSSR count). The van der Waals surface area contributed by atoms with Crippen LogP contribution in [0.2, 0.25) is 5.02 Å². The van der Waals surface area contributed by atoms with Crippen molar-refractivity contribution in [3.8, 4) is 5.75 Å². The monoisotopic (exact) mass is 517 g/mol. The van der Waals surface area contributed by atoms with Gasteiger partial charge in [0.15, 0.2) is 0 Å². The van der Waals surface area contributed by atoms with E-state index < -0.39 is 10.0 Å². The second-order valence-electron chi connectivity index (χ2n) is 8.01. The molecule has 7 nitrogen and oxygen atoms in total. The number of sulfonamides is 1. The number of ether oxygens (including phenoxy) is 1. The molecule has 0 unspecified atom stereocenters. The zero-order chi connectivity index (χ0) is 25.0. The maximum atomic E-state index is 13.6. The predicted molar refractivity (Wildman–Crippen MR) is 134 cm³/mol. The van der Waals surface area contributed by atoms with Gasteiger partial charge in [-0.05, 0) is 66.7 Å². The van der Waals surface area contributed by atoms with Crippen molar-refractivity contribution in [2.75, 3.05) is 49.0 Å². The molecule has 1 aliphatic rings. The normalized spacial score (nSPS) is 14.0. The smallest absolute Gasteiger partial charge is 0.264 e. The fourth-order valence-electron chi connectivity index (χ4n) is 3.91. The highest BCUT2D eigenvalue weighted by molar-refractivity contribution is 7.92. The number of hydrogen-bond acceptors (Lipinski definition) is 5. The molecule has 1 heterocycles. The van der Waals surface area contributed by atoms with Crippen LogP contribution in [-0.4, -0.2) is 59.1 Å². The maximum absolute atomic E-state index is 13.6. The lowest BCUT2D eigenvalue weighted by Gasteiger charge is -2.37. The number of nitrogens with zero attached hydrogens (tertiary/aromatic N) is 3. The number of piperazine rings is 1. The molecule has 3 aromatic carbocycles. The van der Waals surface area contributed by atoms with Gasteiger partial charge in [-0.25, -0.2) is 12.8 Å². The van der Waals surface area contributed by atoms with Gasteiger partial charge in [-0.2, -0.15) is 0 Å². The summed E-state index contributed by atoms with van der Waals surface area (Å²) in [6, 6.07) is 18.6. The zero-order valence-electron chi connectivity index (χ0n) is 19.1. The minimum absolute atomic E-state index is 0.0344. The van der Waals surface area contributed by atoms with Gasteiger partial charge in [0.05, 0.1) is 17.7 Å². The molecule has 1 saturated heterocycles. The zero-order valence-corrected chi connectivity index (χ0v) is 20.7. The molecule has 35 heavy (non-hydrogen) atoms. The number of halogens is 2. The molecule has 0 aromatic heterocycles. The summed E-state index contributed by atoms with van der Waals surface area (Å²) in [5.74, 6) is -0.101. The molecular formula is C25H25ClFN3O4S. The third kappa shape index (κ3) is 5.68. The molecule has 0 aliphatic carbocycles. The summed E-state index contributed by atoms with van der Waals surface area (Å²) in [7, 11) is -2.57. The summed E-state index contributed by atoms with van der Waals surface area (Å²) < 4.78 is 46.5. The fourth-order valence-corrected chi connectivity index (χ4v) is 5.50. The molecule has 0 radical (unpaired) electrons. The van der Waals surface area contributed by atoms with E-state index in [1.165, 1.54) is 37.4 Å². The number of carbonyl (C=O) groups is 1. The Morgan fingerprint density at radius 2 is 1.66 bits per heavy atom. The molecule has 1 aliphatic heterocycles. The van der Waals surface area contributed by atoms with Crippen molar-refractivity contribution in [2.24, 2.45) is 0 Å². The number of amides is 1. The number of carbonyl (C=O) groups excluding carboxylic acids is 1. The van der Waals surface area contributed by atoms with Crippen molar-refractivity contribution in [3.63, 3.8) is 0 Å². The van der Waals surface area contributed by atoms with Gasteiger partial charge in [-0.3, -0.25) is 9.10 Å². The van der Waals surface area contributed by atoms with E-state index in [0.717, 1.165) is 9.99 Å².